The fraction of sp³-hybridized carbons (Fsp3) is 0.556. The predicted octanol–water partition coefficient (Wildman–Crippen LogP) is 2.78. The van der Waals surface area contributed by atoms with Crippen molar-refractivity contribution >= 4 is 0 Å². The topological polar surface area (TPSA) is 32.7 Å². The lowest BCUT2D eigenvalue weighted by Gasteiger charge is -2.27. The van der Waals surface area contributed by atoms with Gasteiger partial charge < -0.3 is 14.7 Å². The predicted molar refractivity (Wildman–Crippen MR) is 87.4 cm³/mol. The van der Waals surface area contributed by atoms with Crippen LogP contribution in [0.25, 0.3) is 0 Å². The van der Waals surface area contributed by atoms with E-state index in [0.29, 0.717) is 25.0 Å². The Morgan fingerprint density at radius 3 is 2.43 bits per heavy atom. The van der Waals surface area contributed by atoms with Crippen LogP contribution in [0.1, 0.15) is 32.8 Å². The number of likely N-dealkylation sites (N-methyl/N-ethyl adjacent to an activating group) is 1. The van der Waals surface area contributed by atoms with Gasteiger partial charge >= 0.3 is 0 Å². The van der Waals surface area contributed by atoms with Gasteiger partial charge in [0.1, 0.15) is 12.4 Å². The molecular weight excluding hydrogens is 262 g/mol. The average Bonchev–Trinajstić information content (AvgIpc) is 2.48. The molecule has 0 aliphatic rings. The van der Waals surface area contributed by atoms with Gasteiger partial charge in [0, 0.05) is 24.6 Å². The van der Waals surface area contributed by atoms with E-state index in [4.69, 9.17) is 9.84 Å². The summed E-state index contributed by atoms with van der Waals surface area (Å²) in [7, 11) is 2.13. The lowest BCUT2D eigenvalue weighted by Crippen LogP contribution is -2.36. The van der Waals surface area contributed by atoms with Gasteiger partial charge in [-0.3, -0.25) is 0 Å². The van der Waals surface area contributed by atoms with Gasteiger partial charge in [-0.2, -0.15) is 0 Å². The first-order valence-electron chi connectivity index (χ1n) is 7.57. The van der Waals surface area contributed by atoms with Crippen molar-refractivity contribution in [3.63, 3.8) is 0 Å². The van der Waals surface area contributed by atoms with Crippen LogP contribution in [0.3, 0.4) is 0 Å². The van der Waals surface area contributed by atoms with Crippen LogP contribution >= 0.6 is 0 Å². The lowest BCUT2D eigenvalue weighted by molar-refractivity contribution is 0.170. The molecule has 0 saturated carbocycles. The minimum atomic E-state index is 0.108. The molecule has 1 unspecified atom stereocenters. The molecule has 0 spiro atoms. The van der Waals surface area contributed by atoms with Crippen molar-refractivity contribution in [3.8, 4) is 17.6 Å². The molecule has 0 aromatic heterocycles. The molecular formula is C18H27NO2. The molecule has 0 aliphatic heterocycles. The van der Waals surface area contributed by atoms with Gasteiger partial charge in [0.2, 0.25) is 0 Å². The summed E-state index contributed by atoms with van der Waals surface area (Å²) in [6.45, 7) is 8.42. The number of rotatable bonds is 7. The number of ether oxygens (including phenoxy) is 1. The second-order valence-electron chi connectivity index (χ2n) is 5.61. The fourth-order valence-corrected chi connectivity index (χ4v) is 1.88. The second kappa shape index (κ2) is 9.44. The number of hydrogen-bond donors (Lipinski definition) is 1. The van der Waals surface area contributed by atoms with Gasteiger partial charge in [0.05, 0.1) is 6.61 Å². The summed E-state index contributed by atoms with van der Waals surface area (Å²) < 4.78 is 5.76. The number of benzene rings is 1. The summed E-state index contributed by atoms with van der Waals surface area (Å²) in [6, 6.07) is 8.32. The van der Waals surface area contributed by atoms with E-state index in [2.05, 4.69) is 44.6 Å². The minimum absolute atomic E-state index is 0.108. The van der Waals surface area contributed by atoms with E-state index in [1.54, 1.807) is 0 Å². The molecule has 1 aromatic rings. The third-order valence-corrected chi connectivity index (χ3v) is 3.70. The molecule has 3 nitrogen and oxygen atoms in total. The average molecular weight is 289 g/mol. The van der Waals surface area contributed by atoms with Gasteiger partial charge in [-0.05, 0) is 44.2 Å². The molecule has 0 fully saturated rings. The molecule has 1 N–H and O–H groups in total. The van der Waals surface area contributed by atoms with Crippen molar-refractivity contribution < 1.29 is 9.84 Å². The smallest absolute Gasteiger partial charge is 0.119 e. The largest absolute Gasteiger partial charge is 0.492 e. The lowest BCUT2D eigenvalue weighted by atomic mass is 10.1. The Kier molecular flexibility index (Phi) is 7.89. The minimum Gasteiger partial charge on any atom is -0.492 e. The summed E-state index contributed by atoms with van der Waals surface area (Å²) in [5, 5.41) is 8.68. The van der Waals surface area contributed by atoms with Crippen molar-refractivity contribution in [1.82, 2.24) is 4.90 Å². The van der Waals surface area contributed by atoms with Crippen LogP contribution in [-0.2, 0) is 0 Å². The Morgan fingerprint density at radius 1 is 1.19 bits per heavy atom. The molecule has 0 saturated heterocycles. The molecule has 0 heterocycles. The summed E-state index contributed by atoms with van der Waals surface area (Å²) in [6.07, 6.45) is 0.513. The van der Waals surface area contributed by atoms with Crippen LogP contribution in [0.15, 0.2) is 24.3 Å². The maximum absolute atomic E-state index is 8.68. The maximum Gasteiger partial charge on any atom is 0.119 e. The quantitative estimate of drug-likeness (QED) is 0.784. The van der Waals surface area contributed by atoms with E-state index in [9.17, 15) is 0 Å². The van der Waals surface area contributed by atoms with Crippen molar-refractivity contribution in [2.45, 2.75) is 33.2 Å². The summed E-state index contributed by atoms with van der Waals surface area (Å²) in [5.41, 5.74) is 0.946. The number of hydrogen-bond acceptors (Lipinski definition) is 3. The third-order valence-electron chi connectivity index (χ3n) is 3.70. The molecule has 0 radical (unpaired) electrons. The van der Waals surface area contributed by atoms with E-state index in [-0.39, 0.29) is 6.61 Å². The molecule has 21 heavy (non-hydrogen) atoms. The first kappa shape index (κ1) is 17.6. The monoisotopic (exact) mass is 289 g/mol. The number of nitrogens with zero attached hydrogens (tertiary/aromatic N) is 1. The first-order valence-corrected chi connectivity index (χ1v) is 7.57. The van der Waals surface area contributed by atoms with Gasteiger partial charge in [-0.25, -0.2) is 0 Å². The maximum atomic E-state index is 8.68. The summed E-state index contributed by atoms with van der Waals surface area (Å²) in [4.78, 5) is 2.32. The molecule has 116 valence electrons. The normalized spacial score (nSPS) is 12.1. The highest BCUT2D eigenvalue weighted by atomic mass is 16.5. The molecule has 1 atom stereocenters. The molecule has 0 aliphatic carbocycles. The number of aliphatic hydroxyl groups excluding tert-OH is 1. The van der Waals surface area contributed by atoms with E-state index in [1.807, 2.05) is 24.3 Å². The van der Waals surface area contributed by atoms with Crippen molar-refractivity contribution in [2.75, 3.05) is 26.8 Å². The van der Waals surface area contributed by atoms with Gasteiger partial charge in [0.25, 0.3) is 0 Å². The highest BCUT2D eigenvalue weighted by Gasteiger charge is 2.12. The first-order chi connectivity index (χ1) is 10.0. The zero-order valence-corrected chi connectivity index (χ0v) is 13.6. The van der Waals surface area contributed by atoms with Gasteiger partial charge in [-0.1, -0.05) is 25.7 Å². The Morgan fingerprint density at radius 2 is 1.86 bits per heavy atom. The molecule has 1 aromatic carbocycles. The molecule has 1 rings (SSSR count). The Balaban J connectivity index is 2.38. The van der Waals surface area contributed by atoms with Crippen LogP contribution in [0.5, 0.6) is 5.75 Å². The molecule has 0 bridgehead atoms. The van der Waals surface area contributed by atoms with Crippen molar-refractivity contribution in [3.05, 3.63) is 29.8 Å². The van der Waals surface area contributed by atoms with E-state index in [1.165, 1.54) is 0 Å². The SMILES string of the molecule is CC(C)C(C)N(C)CCOc1ccc(C#CCCO)cc1. The zero-order chi connectivity index (χ0) is 15.7. The van der Waals surface area contributed by atoms with E-state index < -0.39 is 0 Å². The summed E-state index contributed by atoms with van der Waals surface area (Å²) in [5.74, 6) is 7.42. The third kappa shape index (κ3) is 6.66. The van der Waals surface area contributed by atoms with E-state index in [0.717, 1.165) is 17.9 Å². The van der Waals surface area contributed by atoms with Crippen LogP contribution < -0.4 is 4.74 Å². The van der Waals surface area contributed by atoms with E-state index >= 15 is 0 Å². The van der Waals surface area contributed by atoms with Gasteiger partial charge in [0.15, 0.2) is 0 Å². The molecule has 3 heteroatoms. The van der Waals surface area contributed by atoms with Crippen molar-refractivity contribution in [1.29, 1.82) is 0 Å². The Bertz CT molecular complexity index is 456. The van der Waals surface area contributed by atoms with Gasteiger partial charge in [-0.15, -0.1) is 0 Å². The van der Waals surface area contributed by atoms with Crippen LogP contribution in [0, 0.1) is 17.8 Å². The zero-order valence-electron chi connectivity index (χ0n) is 13.6. The van der Waals surface area contributed by atoms with Crippen LogP contribution in [-0.4, -0.2) is 42.9 Å². The Labute approximate surface area is 128 Å². The highest BCUT2D eigenvalue weighted by Crippen LogP contribution is 2.12. The summed E-state index contributed by atoms with van der Waals surface area (Å²) >= 11 is 0. The number of aliphatic hydroxyl groups is 1. The van der Waals surface area contributed by atoms with Crippen LogP contribution in [0.4, 0.5) is 0 Å². The van der Waals surface area contributed by atoms with Crippen LogP contribution in [0.2, 0.25) is 0 Å². The fourth-order valence-electron chi connectivity index (χ4n) is 1.88. The standard InChI is InChI=1S/C18H27NO2/c1-15(2)16(3)19(4)12-14-21-18-10-8-17(9-11-18)7-5-6-13-20/h8-11,15-16,20H,6,12-14H2,1-4H3. The Hall–Kier alpha value is -1.50. The molecule has 0 amide bonds. The second-order valence-corrected chi connectivity index (χ2v) is 5.61. The van der Waals surface area contributed by atoms with Crippen molar-refractivity contribution in [2.24, 2.45) is 5.92 Å². The highest BCUT2D eigenvalue weighted by molar-refractivity contribution is 5.38.